The maximum atomic E-state index is 13.3. The first-order chi connectivity index (χ1) is 14.1. The Balaban J connectivity index is 1.42. The van der Waals surface area contributed by atoms with Gasteiger partial charge < -0.3 is 9.47 Å². The summed E-state index contributed by atoms with van der Waals surface area (Å²) in [6, 6.07) is 8.50. The second-order valence-electron chi connectivity index (χ2n) is 7.89. The normalized spacial score (nSPS) is 17.2. The van der Waals surface area contributed by atoms with Gasteiger partial charge in [-0.1, -0.05) is 29.8 Å². The fourth-order valence-corrected chi connectivity index (χ4v) is 4.34. The van der Waals surface area contributed by atoms with Gasteiger partial charge in [0, 0.05) is 49.7 Å². The average molecular weight is 388 g/mol. The van der Waals surface area contributed by atoms with Crippen LogP contribution in [0.15, 0.2) is 49.1 Å². The molecule has 0 radical (unpaired) electrons. The number of rotatable bonds is 3. The highest BCUT2D eigenvalue weighted by molar-refractivity contribution is 6.00. The third kappa shape index (κ3) is 3.03. The van der Waals surface area contributed by atoms with Crippen molar-refractivity contribution in [3.8, 4) is 11.1 Å². The number of likely N-dealkylation sites (tertiary alicyclic amines) is 1. The van der Waals surface area contributed by atoms with Crippen molar-refractivity contribution < 1.29 is 4.79 Å². The number of hydrogen-bond acceptors (Lipinski definition) is 3. The second-order valence-corrected chi connectivity index (χ2v) is 7.89. The Kier molecular flexibility index (Phi) is 4.23. The molecule has 1 N–H and O–H groups in total. The number of carbonyl (C=O) groups excluding carboxylic acids is 1. The zero-order valence-electron chi connectivity index (χ0n) is 16.7. The lowest BCUT2D eigenvalue weighted by Crippen LogP contribution is -2.39. The van der Waals surface area contributed by atoms with Gasteiger partial charge in [0.1, 0.15) is 11.2 Å². The van der Waals surface area contributed by atoms with Gasteiger partial charge in [-0.2, -0.15) is 10.2 Å². The third-order valence-corrected chi connectivity index (χ3v) is 5.91. The van der Waals surface area contributed by atoms with E-state index in [-0.39, 0.29) is 11.8 Å². The first kappa shape index (κ1) is 17.7. The summed E-state index contributed by atoms with van der Waals surface area (Å²) in [6.45, 7) is 3.54. The molecule has 0 aliphatic carbocycles. The molecule has 7 heteroatoms. The molecule has 1 amide bonds. The smallest absolute Gasteiger partial charge is 0.259 e. The molecule has 1 aliphatic rings. The maximum absolute atomic E-state index is 13.3. The standard InChI is InChI=1S/C22H24N6O/c1-15-5-7-16(8-6-15)18-12-23-25-20(18)17-4-3-9-27(14-17)22(29)19-13-24-28-11-10-26(2)21(19)28/h5-8,10-13,17H,3-4,9,14H2,1-2H3,(H,23,25)/t17-/m1/s1. The maximum Gasteiger partial charge on any atom is 0.259 e. The van der Waals surface area contributed by atoms with Crippen LogP contribution >= 0.6 is 0 Å². The van der Waals surface area contributed by atoms with Gasteiger partial charge in [-0.15, -0.1) is 0 Å². The van der Waals surface area contributed by atoms with Crippen LogP contribution in [0.2, 0.25) is 0 Å². The highest BCUT2D eigenvalue weighted by atomic mass is 16.2. The van der Waals surface area contributed by atoms with Crippen molar-refractivity contribution >= 4 is 11.6 Å². The van der Waals surface area contributed by atoms with E-state index in [4.69, 9.17) is 0 Å². The van der Waals surface area contributed by atoms with Gasteiger partial charge in [0.2, 0.25) is 0 Å². The summed E-state index contributed by atoms with van der Waals surface area (Å²) >= 11 is 0. The van der Waals surface area contributed by atoms with Crippen molar-refractivity contribution in [3.63, 3.8) is 0 Å². The summed E-state index contributed by atoms with van der Waals surface area (Å²) < 4.78 is 3.69. The molecule has 29 heavy (non-hydrogen) atoms. The number of aromatic nitrogens is 5. The van der Waals surface area contributed by atoms with Crippen LogP contribution in [0.4, 0.5) is 0 Å². The fourth-order valence-electron chi connectivity index (χ4n) is 4.34. The molecule has 3 aromatic heterocycles. The Morgan fingerprint density at radius 3 is 2.83 bits per heavy atom. The van der Waals surface area contributed by atoms with E-state index in [1.54, 1.807) is 10.7 Å². The predicted octanol–water partition coefficient (Wildman–Crippen LogP) is 3.39. The molecule has 1 atom stereocenters. The van der Waals surface area contributed by atoms with E-state index in [1.807, 2.05) is 35.1 Å². The number of benzene rings is 1. The number of aromatic amines is 1. The fraction of sp³-hybridized carbons (Fsp3) is 0.318. The molecule has 1 saturated heterocycles. The van der Waals surface area contributed by atoms with Gasteiger partial charge in [-0.3, -0.25) is 9.89 Å². The molecule has 7 nitrogen and oxygen atoms in total. The topological polar surface area (TPSA) is 71.2 Å². The number of fused-ring (bicyclic) bond motifs is 1. The van der Waals surface area contributed by atoms with E-state index >= 15 is 0 Å². The number of aryl methyl sites for hydroxylation is 2. The summed E-state index contributed by atoms with van der Waals surface area (Å²) in [5, 5.41) is 11.8. The molecule has 0 spiro atoms. The summed E-state index contributed by atoms with van der Waals surface area (Å²) in [7, 11) is 1.94. The van der Waals surface area contributed by atoms with Crippen LogP contribution in [-0.2, 0) is 7.05 Å². The predicted molar refractivity (Wildman–Crippen MR) is 111 cm³/mol. The number of carbonyl (C=O) groups is 1. The molecular formula is C22H24N6O. The van der Waals surface area contributed by atoms with Crippen LogP contribution in [0.3, 0.4) is 0 Å². The lowest BCUT2D eigenvalue weighted by molar-refractivity contribution is 0.0707. The van der Waals surface area contributed by atoms with E-state index in [1.165, 1.54) is 5.56 Å². The van der Waals surface area contributed by atoms with Crippen LogP contribution in [0.1, 0.15) is 40.4 Å². The number of nitrogens with one attached hydrogen (secondary N) is 1. The average Bonchev–Trinajstić information content (AvgIpc) is 3.46. The summed E-state index contributed by atoms with van der Waals surface area (Å²) in [5.41, 5.74) is 6.12. The lowest BCUT2D eigenvalue weighted by atomic mass is 9.90. The zero-order valence-corrected chi connectivity index (χ0v) is 16.7. The second kappa shape index (κ2) is 6.92. The van der Waals surface area contributed by atoms with Gasteiger partial charge in [0.15, 0.2) is 0 Å². The summed E-state index contributed by atoms with van der Waals surface area (Å²) in [5.74, 6) is 0.286. The van der Waals surface area contributed by atoms with Crippen molar-refractivity contribution in [1.82, 2.24) is 29.3 Å². The van der Waals surface area contributed by atoms with E-state index in [9.17, 15) is 4.79 Å². The van der Waals surface area contributed by atoms with Crippen molar-refractivity contribution in [1.29, 1.82) is 0 Å². The highest BCUT2D eigenvalue weighted by Crippen LogP contribution is 2.33. The van der Waals surface area contributed by atoms with Crippen LogP contribution in [0, 0.1) is 6.92 Å². The summed E-state index contributed by atoms with van der Waals surface area (Å²) in [4.78, 5) is 15.2. The zero-order chi connectivity index (χ0) is 20.0. The number of imidazole rings is 1. The van der Waals surface area contributed by atoms with E-state index < -0.39 is 0 Å². The monoisotopic (exact) mass is 388 g/mol. The Morgan fingerprint density at radius 2 is 2.00 bits per heavy atom. The molecule has 1 aliphatic heterocycles. The van der Waals surface area contributed by atoms with Crippen LogP contribution < -0.4 is 0 Å². The minimum atomic E-state index is 0.0444. The van der Waals surface area contributed by atoms with Gasteiger partial charge >= 0.3 is 0 Å². The molecule has 4 heterocycles. The first-order valence-corrected chi connectivity index (χ1v) is 10.00. The number of piperidine rings is 1. The quantitative estimate of drug-likeness (QED) is 0.585. The Morgan fingerprint density at radius 1 is 1.17 bits per heavy atom. The van der Waals surface area contributed by atoms with E-state index in [2.05, 4.69) is 46.5 Å². The molecule has 0 saturated carbocycles. The van der Waals surface area contributed by atoms with E-state index in [0.717, 1.165) is 41.9 Å². The molecule has 1 fully saturated rings. The van der Waals surface area contributed by atoms with Gasteiger partial charge in [0.25, 0.3) is 5.91 Å². The van der Waals surface area contributed by atoms with Crippen molar-refractivity contribution in [2.75, 3.05) is 13.1 Å². The third-order valence-electron chi connectivity index (χ3n) is 5.91. The molecule has 0 unspecified atom stereocenters. The largest absolute Gasteiger partial charge is 0.338 e. The van der Waals surface area contributed by atoms with Gasteiger partial charge in [-0.25, -0.2) is 4.52 Å². The van der Waals surface area contributed by atoms with Gasteiger partial charge in [-0.05, 0) is 25.3 Å². The Bertz CT molecular complexity index is 1170. The molecular weight excluding hydrogens is 364 g/mol. The Labute approximate surface area is 169 Å². The molecule has 148 valence electrons. The lowest BCUT2D eigenvalue weighted by Gasteiger charge is -2.32. The SMILES string of the molecule is Cc1ccc(-c2cn[nH]c2[C@@H]2CCCN(C(=O)c3cnn4ccn(C)c34)C2)cc1. The van der Waals surface area contributed by atoms with Crippen LogP contribution in [0.5, 0.6) is 0 Å². The van der Waals surface area contributed by atoms with Crippen LogP contribution in [0.25, 0.3) is 16.8 Å². The minimum absolute atomic E-state index is 0.0444. The van der Waals surface area contributed by atoms with Crippen molar-refractivity contribution in [2.24, 2.45) is 7.05 Å². The van der Waals surface area contributed by atoms with E-state index in [0.29, 0.717) is 12.1 Å². The number of hydrogen-bond donors (Lipinski definition) is 1. The van der Waals surface area contributed by atoms with Crippen LogP contribution in [-0.4, -0.2) is 48.3 Å². The number of amides is 1. The highest BCUT2D eigenvalue weighted by Gasteiger charge is 2.30. The molecule has 0 bridgehead atoms. The molecule has 4 aromatic rings. The number of nitrogens with zero attached hydrogens (tertiary/aromatic N) is 5. The minimum Gasteiger partial charge on any atom is -0.338 e. The molecule has 1 aromatic carbocycles. The van der Waals surface area contributed by atoms with Crippen molar-refractivity contribution in [2.45, 2.75) is 25.7 Å². The van der Waals surface area contributed by atoms with Gasteiger partial charge in [0.05, 0.1) is 12.4 Å². The summed E-state index contributed by atoms with van der Waals surface area (Å²) in [6.07, 6.45) is 9.36. The first-order valence-electron chi connectivity index (χ1n) is 10.00. The molecule has 5 rings (SSSR count). The Hall–Kier alpha value is -3.35. The van der Waals surface area contributed by atoms with Crippen molar-refractivity contribution in [3.05, 3.63) is 65.9 Å². The number of H-pyrrole nitrogens is 1.